The normalized spacial score (nSPS) is 10.7. The highest BCUT2D eigenvalue weighted by Crippen LogP contribution is 2.24. The third kappa shape index (κ3) is 6.41. The molecule has 0 aliphatic heterocycles. The molecule has 136 valence electrons. The maximum Gasteiger partial charge on any atom is 0.338 e. The van der Waals surface area contributed by atoms with Gasteiger partial charge in [0, 0.05) is 11.0 Å². The summed E-state index contributed by atoms with van der Waals surface area (Å²) in [6.45, 7) is 10.8. The summed E-state index contributed by atoms with van der Waals surface area (Å²) in [5, 5.41) is 7.98. The molecular formula is C19H25NO5. The predicted molar refractivity (Wildman–Crippen MR) is 94.9 cm³/mol. The minimum absolute atomic E-state index is 0.0259. The fourth-order valence-corrected chi connectivity index (χ4v) is 1.55. The van der Waals surface area contributed by atoms with Crippen LogP contribution < -0.4 is 4.74 Å². The number of esters is 2. The number of hydrogen-bond donors (Lipinski definition) is 1. The molecule has 0 radical (unpaired) electrons. The lowest BCUT2D eigenvalue weighted by Gasteiger charge is -2.23. The van der Waals surface area contributed by atoms with Crippen molar-refractivity contribution >= 4 is 17.8 Å². The SMILES string of the molecule is C=C(C)C(=O)OCCOC(=O)c1ccc(OC(=N)C(C)(C)CC)cc1. The van der Waals surface area contributed by atoms with Gasteiger partial charge in [-0.3, -0.25) is 5.41 Å². The Balaban J connectivity index is 2.50. The standard InChI is InChI=1S/C19H25NO5/c1-6-19(4,5)18(20)25-15-9-7-14(8-10-15)17(22)24-12-11-23-16(21)13(2)3/h7-10,20H,2,6,11-12H2,1,3-5H3. The fraction of sp³-hybridized carbons (Fsp3) is 0.421. The van der Waals surface area contributed by atoms with Crippen LogP contribution in [0.1, 0.15) is 44.5 Å². The summed E-state index contributed by atoms with van der Waals surface area (Å²) in [6, 6.07) is 6.34. The van der Waals surface area contributed by atoms with Crippen LogP contribution in [0.4, 0.5) is 0 Å². The van der Waals surface area contributed by atoms with Crippen molar-refractivity contribution in [1.82, 2.24) is 0 Å². The smallest absolute Gasteiger partial charge is 0.338 e. The number of hydrogen-bond acceptors (Lipinski definition) is 6. The molecule has 1 N–H and O–H groups in total. The summed E-state index contributed by atoms with van der Waals surface area (Å²) in [6.07, 6.45) is 0.784. The average molecular weight is 347 g/mol. The lowest BCUT2D eigenvalue weighted by atomic mass is 9.90. The van der Waals surface area contributed by atoms with E-state index in [4.69, 9.17) is 19.6 Å². The average Bonchev–Trinajstić information content (AvgIpc) is 2.58. The van der Waals surface area contributed by atoms with Crippen molar-refractivity contribution in [2.45, 2.75) is 34.1 Å². The first-order chi connectivity index (χ1) is 11.7. The topological polar surface area (TPSA) is 85.7 Å². The lowest BCUT2D eigenvalue weighted by molar-refractivity contribution is -0.140. The predicted octanol–water partition coefficient (Wildman–Crippen LogP) is 3.75. The third-order valence-electron chi connectivity index (χ3n) is 3.71. The van der Waals surface area contributed by atoms with Crippen LogP contribution in [0, 0.1) is 10.8 Å². The molecule has 0 aliphatic rings. The first kappa shape index (κ1) is 20.4. The summed E-state index contributed by atoms with van der Waals surface area (Å²) in [5.41, 5.74) is 0.289. The van der Waals surface area contributed by atoms with Crippen LogP contribution in [0.2, 0.25) is 0 Å². The van der Waals surface area contributed by atoms with Crippen molar-refractivity contribution in [3.8, 4) is 5.75 Å². The number of rotatable bonds is 8. The second-order valence-corrected chi connectivity index (χ2v) is 6.25. The highest BCUT2D eigenvalue weighted by Gasteiger charge is 2.23. The number of ether oxygens (including phenoxy) is 3. The largest absolute Gasteiger partial charge is 0.459 e. The van der Waals surface area contributed by atoms with Crippen LogP contribution in [0.5, 0.6) is 5.75 Å². The summed E-state index contributed by atoms with van der Waals surface area (Å²) >= 11 is 0. The Kier molecular flexibility index (Phi) is 7.36. The Labute approximate surface area is 148 Å². The van der Waals surface area contributed by atoms with Gasteiger partial charge in [0.1, 0.15) is 19.0 Å². The molecule has 0 aliphatic carbocycles. The van der Waals surface area contributed by atoms with Gasteiger partial charge in [0.15, 0.2) is 5.90 Å². The van der Waals surface area contributed by atoms with Gasteiger partial charge in [0.25, 0.3) is 0 Å². The van der Waals surface area contributed by atoms with E-state index in [9.17, 15) is 9.59 Å². The molecule has 25 heavy (non-hydrogen) atoms. The van der Waals surface area contributed by atoms with Crippen LogP contribution in [0.25, 0.3) is 0 Å². The molecule has 0 spiro atoms. The van der Waals surface area contributed by atoms with Gasteiger partial charge in [-0.25, -0.2) is 9.59 Å². The van der Waals surface area contributed by atoms with Crippen molar-refractivity contribution in [3.05, 3.63) is 42.0 Å². The van der Waals surface area contributed by atoms with Gasteiger partial charge in [0.05, 0.1) is 5.56 Å². The molecular weight excluding hydrogens is 322 g/mol. The van der Waals surface area contributed by atoms with Gasteiger partial charge in [-0.05, 0) is 37.6 Å². The van der Waals surface area contributed by atoms with Crippen LogP contribution in [-0.4, -0.2) is 31.1 Å². The van der Waals surface area contributed by atoms with Crippen LogP contribution in [-0.2, 0) is 14.3 Å². The fourth-order valence-electron chi connectivity index (χ4n) is 1.55. The molecule has 0 atom stereocenters. The van der Waals surface area contributed by atoms with Gasteiger partial charge in [-0.15, -0.1) is 0 Å². The zero-order valence-corrected chi connectivity index (χ0v) is 15.2. The first-order valence-electron chi connectivity index (χ1n) is 8.04. The molecule has 6 nitrogen and oxygen atoms in total. The molecule has 0 fully saturated rings. The van der Waals surface area contributed by atoms with Crippen molar-refractivity contribution < 1.29 is 23.8 Å². The van der Waals surface area contributed by atoms with E-state index in [1.807, 2.05) is 20.8 Å². The zero-order valence-electron chi connectivity index (χ0n) is 15.2. The lowest BCUT2D eigenvalue weighted by Crippen LogP contribution is -2.27. The van der Waals surface area contributed by atoms with Gasteiger partial charge in [0.2, 0.25) is 0 Å². The van der Waals surface area contributed by atoms with Crippen LogP contribution in [0.3, 0.4) is 0 Å². The Bertz CT molecular complexity index is 646. The second-order valence-electron chi connectivity index (χ2n) is 6.25. The summed E-state index contributed by atoms with van der Waals surface area (Å²) in [7, 11) is 0. The van der Waals surface area contributed by atoms with E-state index in [-0.39, 0.29) is 24.5 Å². The van der Waals surface area contributed by atoms with E-state index < -0.39 is 11.9 Å². The van der Waals surface area contributed by atoms with E-state index in [1.54, 1.807) is 31.2 Å². The number of benzene rings is 1. The number of nitrogens with one attached hydrogen (secondary N) is 1. The Morgan fingerprint density at radius 1 is 1.12 bits per heavy atom. The first-order valence-corrected chi connectivity index (χ1v) is 8.04. The molecule has 0 aromatic heterocycles. The van der Waals surface area contributed by atoms with Crippen molar-refractivity contribution in [3.63, 3.8) is 0 Å². The molecule has 0 unspecified atom stereocenters. The van der Waals surface area contributed by atoms with E-state index in [0.717, 1.165) is 6.42 Å². The Morgan fingerprint density at radius 2 is 1.68 bits per heavy atom. The maximum atomic E-state index is 11.9. The summed E-state index contributed by atoms with van der Waals surface area (Å²) in [4.78, 5) is 23.1. The van der Waals surface area contributed by atoms with E-state index in [0.29, 0.717) is 16.9 Å². The molecule has 0 saturated carbocycles. The van der Waals surface area contributed by atoms with Crippen molar-refractivity contribution in [2.75, 3.05) is 13.2 Å². The van der Waals surface area contributed by atoms with Crippen molar-refractivity contribution in [2.24, 2.45) is 5.41 Å². The van der Waals surface area contributed by atoms with Crippen LogP contribution in [0.15, 0.2) is 36.4 Å². The molecule has 1 aromatic rings. The molecule has 6 heteroatoms. The minimum Gasteiger partial charge on any atom is -0.459 e. The quantitative estimate of drug-likeness (QED) is 0.254. The van der Waals surface area contributed by atoms with Gasteiger partial charge in [-0.2, -0.15) is 0 Å². The summed E-state index contributed by atoms with van der Waals surface area (Å²) < 4.78 is 15.4. The molecule has 0 amide bonds. The number of carbonyl (C=O) groups is 2. The molecule has 1 aromatic carbocycles. The third-order valence-corrected chi connectivity index (χ3v) is 3.71. The van der Waals surface area contributed by atoms with Gasteiger partial charge >= 0.3 is 11.9 Å². The maximum absolute atomic E-state index is 11.9. The molecule has 1 rings (SSSR count). The van der Waals surface area contributed by atoms with E-state index in [2.05, 4.69) is 6.58 Å². The van der Waals surface area contributed by atoms with E-state index in [1.165, 1.54) is 0 Å². The monoisotopic (exact) mass is 347 g/mol. The van der Waals surface area contributed by atoms with E-state index >= 15 is 0 Å². The van der Waals surface area contributed by atoms with Gasteiger partial charge in [-0.1, -0.05) is 27.4 Å². The zero-order chi connectivity index (χ0) is 19.0. The highest BCUT2D eigenvalue weighted by atomic mass is 16.6. The molecule has 0 saturated heterocycles. The second kappa shape index (κ2) is 9.01. The summed E-state index contributed by atoms with van der Waals surface area (Å²) in [5.74, 6) is -0.389. The van der Waals surface area contributed by atoms with Crippen LogP contribution >= 0.6 is 0 Å². The van der Waals surface area contributed by atoms with Gasteiger partial charge < -0.3 is 14.2 Å². The molecule has 0 bridgehead atoms. The Hall–Kier alpha value is -2.63. The highest BCUT2D eigenvalue weighted by molar-refractivity contribution is 5.90. The van der Waals surface area contributed by atoms with Crippen molar-refractivity contribution in [1.29, 1.82) is 5.41 Å². The number of carbonyl (C=O) groups excluding carboxylic acids is 2. The minimum atomic E-state index is -0.526. The molecule has 0 heterocycles. The Morgan fingerprint density at radius 3 is 2.20 bits per heavy atom.